The number of unbranched alkanes of at least 4 members (excludes halogenated alkanes) is 2. The van der Waals surface area contributed by atoms with Crippen LogP contribution in [-0.2, 0) is 95.2 Å². The molecule has 0 aromatic carbocycles. The molecule has 0 aromatic rings. The number of nitrogens with zero attached hydrogens (tertiary/aromatic N) is 6. The van der Waals surface area contributed by atoms with Crippen molar-refractivity contribution in [3.8, 4) is 0 Å². The summed E-state index contributed by atoms with van der Waals surface area (Å²) in [4.78, 5) is 96.5. The number of ether oxygens (including phenoxy) is 12. The van der Waals surface area contributed by atoms with Gasteiger partial charge in [-0.05, 0) is 36.7 Å². The molecule has 0 aromatic heterocycles. The van der Waals surface area contributed by atoms with Crippen molar-refractivity contribution in [2.45, 2.75) is 151 Å². The molecule has 4 N–H and O–H groups in total. The quantitative estimate of drug-likeness (QED) is 0.0224. The van der Waals surface area contributed by atoms with Crippen LogP contribution in [0.25, 0.3) is 20.9 Å². The number of rotatable bonds is 31. The van der Waals surface area contributed by atoms with Gasteiger partial charge in [-0.15, -0.1) is 0 Å². The van der Waals surface area contributed by atoms with Crippen LogP contribution in [0.15, 0.2) is 10.2 Å². The minimum atomic E-state index is -0.979. The highest BCUT2D eigenvalue weighted by Crippen LogP contribution is 2.33. The maximum atomic E-state index is 11.9. The number of esters is 6. The van der Waals surface area contributed by atoms with Crippen LogP contribution in [0.3, 0.4) is 0 Å². The molecule has 2 saturated heterocycles. The fourth-order valence-corrected chi connectivity index (χ4v) is 6.63. The van der Waals surface area contributed by atoms with Gasteiger partial charge in [0, 0.05) is 115 Å². The lowest BCUT2D eigenvalue weighted by atomic mass is 9.92. The maximum Gasteiger partial charge on any atom is 0.303 e. The van der Waals surface area contributed by atoms with E-state index in [1.807, 2.05) is 0 Å². The molecule has 2 aliphatic heterocycles. The summed E-state index contributed by atoms with van der Waals surface area (Å²) in [6.07, 6.45) is -4.73. The lowest BCUT2D eigenvalue weighted by molar-refractivity contribution is -0.288. The Bertz CT molecular complexity index is 1790. The van der Waals surface area contributed by atoms with Gasteiger partial charge in [-0.2, -0.15) is 0 Å². The van der Waals surface area contributed by atoms with Crippen LogP contribution < -0.4 is 11.1 Å². The van der Waals surface area contributed by atoms with E-state index in [4.69, 9.17) is 78.7 Å². The van der Waals surface area contributed by atoms with Crippen LogP contribution in [0, 0.1) is 11.8 Å². The van der Waals surface area contributed by atoms with Gasteiger partial charge >= 0.3 is 41.8 Å². The molecule has 2 fully saturated rings. The van der Waals surface area contributed by atoms with Crippen molar-refractivity contribution in [2.75, 3.05) is 79.0 Å². The van der Waals surface area contributed by atoms with Gasteiger partial charge < -0.3 is 73.0 Å². The number of nitrogens with two attached hydrogens (primary N) is 1. The smallest absolute Gasteiger partial charge is 0.303 e. The first-order valence-corrected chi connectivity index (χ1v) is 23.5. The summed E-state index contributed by atoms with van der Waals surface area (Å²) in [7, 11) is 0. The molecule has 1 amide bonds. The van der Waals surface area contributed by atoms with E-state index in [2.05, 4.69) is 25.4 Å². The van der Waals surface area contributed by atoms with Crippen LogP contribution in [0.1, 0.15) is 101 Å². The second kappa shape index (κ2) is 42.5. The highest BCUT2D eigenvalue weighted by atomic mass is 16.7. The molecule has 29 nitrogen and oxygen atoms in total. The van der Waals surface area contributed by atoms with Crippen molar-refractivity contribution in [2.24, 2.45) is 27.8 Å². The highest BCUT2D eigenvalue weighted by Gasteiger charge is 2.50. The summed E-state index contributed by atoms with van der Waals surface area (Å²) >= 11 is 0. The zero-order valence-electron chi connectivity index (χ0n) is 42.9. The number of hydrogen-bond donors (Lipinski definition) is 3. The van der Waals surface area contributed by atoms with Crippen molar-refractivity contribution in [1.82, 2.24) is 5.32 Å². The second-order valence-electron chi connectivity index (χ2n) is 16.0. The molecule has 10 atom stereocenters. The summed E-state index contributed by atoms with van der Waals surface area (Å²) < 4.78 is 64.8. The molecule has 0 saturated carbocycles. The Labute approximate surface area is 430 Å². The van der Waals surface area contributed by atoms with Gasteiger partial charge in [0.05, 0.1) is 26.4 Å². The number of carboxylic acid groups (broad SMARTS) is 1. The van der Waals surface area contributed by atoms with Crippen molar-refractivity contribution >= 4 is 47.7 Å². The standard InChI is InChI=1S/C22H36N4O10.C18H28O10.C4H10N4O.CH4/c1-14-20(34-16(3)28)21(35-17(4)29)18(13-33-15(2)27)36-22(14)32-10-6-5-7-19(30)24-8-11-31-12-9-25-26-23;1-10-16(26-12(3)20)17(27-13(4)21)14(9-25-11(2)19)28-18(10)24-8-6-5-7-15(22)23;5-1-3-9-4-2-7-8-6;/h14,18,20-22H,5-13H2,1-4H3,(H,24,30);10,14,16-18H,5-9H2,1-4H3,(H,22,23);1-5H2;1H4. The number of carbonyl (C=O) groups is 8. The van der Waals surface area contributed by atoms with E-state index in [0.29, 0.717) is 78.2 Å². The minimum Gasteiger partial charge on any atom is -0.481 e. The predicted octanol–water partition coefficient (Wildman–Crippen LogP) is 3.36. The number of amides is 1. The van der Waals surface area contributed by atoms with E-state index in [-0.39, 0.29) is 52.7 Å². The Morgan fingerprint density at radius 1 is 0.568 bits per heavy atom. The third-order valence-electron chi connectivity index (χ3n) is 9.78. The lowest BCUT2D eigenvalue weighted by Gasteiger charge is -2.43. The molecular formula is C45H78N8O21. The van der Waals surface area contributed by atoms with E-state index < -0.39 is 103 Å². The van der Waals surface area contributed by atoms with Crippen molar-refractivity contribution in [3.63, 3.8) is 0 Å². The van der Waals surface area contributed by atoms with E-state index in [9.17, 15) is 38.4 Å². The van der Waals surface area contributed by atoms with Gasteiger partial charge in [0.2, 0.25) is 5.91 Å². The first kappa shape index (κ1) is 70.2. The molecule has 2 aliphatic rings. The fourth-order valence-electron chi connectivity index (χ4n) is 6.63. The molecule has 2 heterocycles. The highest BCUT2D eigenvalue weighted by molar-refractivity contribution is 5.75. The molecule has 74 heavy (non-hydrogen) atoms. The molecule has 0 bridgehead atoms. The van der Waals surface area contributed by atoms with Gasteiger partial charge in [-0.25, -0.2) is 0 Å². The average molecular weight is 1070 g/mol. The fraction of sp³-hybridized carbons (Fsp3) is 0.822. The SMILES string of the molecule is C.CC(=O)OCC1OC(OCCCCC(=O)NCCOCCN=[N+]=[N-])C(C)C(OC(C)=O)C1OC(C)=O.CC(=O)OCC1OC(OCCCCC(=O)O)C(C)C(OC(C)=O)C1OC(C)=O.[N-]=[N+]=NCCOCCN. The van der Waals surface area contributed by atoms with E-state index in [1.54, 1.807) is 13.8 Å². The van der Waals surface area contributed by atoms with Gasteiger partial charge in [0.25, 0.3) is 0 Å². The Balaban J connectivity index is 0. The van der Waals surface area contributed by atoms with Gasteiger partial charge in [0.1, 0.15) is 37.6 Å². The van der Waals surface area contributed by atoms with E-state index in [0.717, 1.165) is 0 Å². The Hall–Kier alpha value is -5.90. The van der Waals surface area contributed by atoms with Gasteiger partial charge in [-0.3, -0.25) is 38.4 Å². The predicted molar refractivity (Wildman–Crippen MR) is 257 cm³/mol. The topological polar surface area (TPSA) is 403 Å². The Kier molecular flexibility index (Phi) is 40.3. The molecule has 29 heteroatoms. The third kappa shape index (κ3) is 33.8. The van der Waals surface area contributed by atoms with Crippen LogP contribution >= 0.6 is 0 Å². The van der Waals surface area contributed by atoms with Gasteiger partial charge in [0.15, 0.2) is 24.8 Å². The normalized spacial score (nSPS) is 22.5. The number of aliphatic carboxylic acids is 1. The zero-order valence-corrected chi connectivity index (χ0v) is 42.9. The zero-order chi connectivity index (χ0) is 55.1. The van der Waals surface area contributed by atoms with Crippen molar-refractivity contribution in [3.05, 3.63) is 20.9 Å². The molecule has 2 rings (SSSR count). The first-order valence-electron chi connectivity index (χ1n) is 23.5. The van der Waals surface area contributed by atoms with Crippen LogP contribution in [0.5, 0.6) is 0 Å². The number of hydrogen-bond acceptors (Lipinski definition) is 23. The molecular weight excluding hydrogens is 989 g/mol. The minimum absolute atomic E-state index is 0. The number of azide groups is 2. The number of carboxylic acids is 1. The molecule has 0 aliphatic carbocycles. The molecule has 424 valence electrons. The summed E-state index contributed by atoms with van der Waals surface area (Å²) in [6.45, 7) is 14.0. The summed E-state index contributed by atoms with van der Waals surface area (Å²) in [5, 5.41) is 18.0. The summed E-state index contributed by atoms with van der Waals surface area (Å²) in [6, 6.07) is 0. The summed E-state index contributed by atoms with van der Waals surface area (Å²) in [5.41, 5.74) is 21.1. The Morgan fingerprint density at radius 2 is 0.959 bits per heavy atom. The van der Waals surface area contributed by atoms with Crippen LogP contribution in [0.2, 0.25) is 0 Å². The molecule has 0 spiro atoms. The Morgan fingerprint density at radius 3 is 1.32 bits per heavy atom. The van der Waals surface area contributed by atoms with E-state index >= 15 is 0 Å². The monoisotopic (exact) mass is 1070 g/mol. The average Bonchev–Trinajstić information content (AvgIpc) is 3.31. The third-order valence-corrected chi connectivity index (χ3v) is 9.78. The van der Waals surface area contributed by atoms with Crippen LogP contribution in [0.4, 0.5) is 0 Å². The first-order chi connectivity index (χ1) is 34.7. The second-order valence-corrected chi connectivity index (χ2v) is 16.0. The van der Waals surface area contributed by atoms with Gasteiger partial charge in [-0.1, -0.05) is 31.5 Å². The number of carbonyl (C=O) groups excluding carboxylic acids is 7. The lowest BCUT2D eigenvalue weighted by Crippen LogP contribution is -2.58. The van der Waals surface area contributed by atoms with Crippen molar-refractivity contribution in [1.29, 1.82) is 0 Å². The maximum absolute atomic E-state index is 11.9. The van der Waals surface area contributed by atoms with Crippen LogP contribution in [-0.4, -0.2) is 181 Å². The number of nitrogens with one attached hydrogen (secondary N) is 1. The van der Waals surface area contributed by atoms with E-state index in [1.165, 1.54) is 41.5 Å². The molecule has 0 radical (unpaired) electrons. The molecule has 10 unspecified atom stereocenters. The summed E-state index contributed by atoms with van der Waals surface area (Å²) in [5.74, 6) is -5.41. The largest absolute Gasteiger partial charge is 0.481 e. The van der Waals surface area contributed by atoms with Crippen molar-refractivity contribution < 1.29 is 100 Å².